The quantitative estimate of drug-likeness (QED) is 0.143. The van der Waals surface area contributed by atoms with Crippen molar-refractivity contribution in [3.05, 3.63) is 228 Å². The number of aryl methyl sites for hydroxylation is 2. The molecule has 2 nitrogen and oxygen atoms in total. The van der Waals surface area contributed by atoms with Gasteiger partial charge in [0.15, 0.2) is 0 Å². The van der Waals surface area contributed by atoms with Crippen molar-refractivity contribution >= 4 is 38.9 Å². The Labute approximate surface area is 343 Å². The zero-order valence-corrected chi connectivity index (χ0v) is 34.4. The van der Waals surface area contributed by atoms with Gasteiger partial charge in [0.2, 0.25) is 0 Å². The number of hydrogen-bond donors (Lipinski definition) is 0. The molecule has 0 saturated carbocycles. The summed E-state index contributed by atoms with van der Waals surface area (Å²) in [5, 5.41) is 2.44. The van der Waals surface area contributed by atoms with Crippen LogP contribution in [0.2, 0.25) is 0 Å². The molecular formula is C56H50N2. The minimum absolute atomic E-state index is 0.242. The van der Waals surface area contributed by atoms with Gasteiger partial charge in [-0.2, -0.15) is 0 Å². The molecule has 0 bridgehead atoms. The van der Waals surface area contributed by atoms with E-state index in [0.717, 1.165) is 22.7 Å². The summed E-state index contributed by atoms with van der Waals surface area (Å²) < 4.78 is 2.50. The summed E-state index contributed by atoms with van der Waals surface area (Å²) in [6, 6.07) is 71.7. The van der Waals surface area contributed by atoms with Gasteiger partial charge in [0.25, 0.3) is 0 Å². The van der Waals surface area contributed by atoms with Crippen LogP contribution in [0, 0.1) is 13.8 Å². The van der Waals surface area contributed by atoms with Gasteiger partial charge >= 0.3 is 0 Å². The second-order valence-electron chi connectivity index (χ2n) is 16.9. The van der Waals surface area contributed by atoms with E-state index in [9.17, 15) is 0 Å². The molecule has 0 saturated heterocycles. The summed E-state index contributed by atoms with van der Waals surface area (Å²) in [4.78, 5) is 2.38. The first kappa shape index (κ1) is 37.0. The summed E-state index contributed by atoms with van der Waals surface area (Å²) in [5.74, 6) is 0. The van der Waals surface area contributed by atoms with Gasteiger partial charge in [-0.25, -0.2) is 0 Å². The zero-order valence-electron chi connectivity index (χ0n) is 34.4. The first-order valence-corrected chi connectivity index (χ1v) is 20.4. The van der Waals surface area contributed by atoms with Crippen molar-refractivity contribution < 1.29 is 0 Å². The normalized spacial score (nSPS) is 12.0. The van der Waals surface area contributed by atoms with E-state index in [1.165, 1.54) is 66.3 Å². The van der Waals surface area contributed by atoms with E-state index in [4.69, 9.17) is 0 Å². The molecule has 1 heterocycles. The van der Waals surface area contributed by atoms with Crippen LogP contribution in [0.15, 0.2) is 194 Å². The first-order valence-electron chi connectivity index (χ1n) is 20.4. The molecule has 0 N–H and O–H groups in total. The fourth-order valence-electron chi connectivity index (χ4n) is 8.58. The Balaban J connectivity index is 1.33. The molecule has 0 amide bonds. The Hall–Kier alpha value is -6.64. The van der Waals surface area contributed by atoms with Gasteiger partial charge in [0.05, 0.1) is 11.0 Å². The minimum atomic E-state index is -0.242. The van der Waals surface area contributed by atoms with Crippen LogP contribution in [0.25, 0.3) is 38.6 Å². The van der Waals surface area contributed by atoms with E-state index in [1.54, 1.807) is 0 Å². The van der Waals surface area contributed by atoms with E-state index in [2.05, 4.69) is 245 Å². The lowest BCUT2D eigenvalue weighted by Gasteiger charge is -2.32. The highest BCUT2D eigenvalue weighted by Crippen LogP contribution is 2.43. The van der Waals surface area contributed by atoms with E-state index in [1.807, 2.05) is 0 Å². The minimum Gasteiger partial charge on any atom is -0.310 e. The molecule has 58 heavy (non-hydrogen) atoms. The third-order valence-electron chi connectivity index (χ3n) is 12.3. The van der Waals surface area contributed by atoms with Crippen LogP contribution in [-0.4, -0.2) is 4.57 Å². The molecule has 0 spiro atoms. The van der Waals surface area contributed by atoms with Crippen LogP contribution in [-0.2, 0) is 10.8 Å². The predicted molar refractivity (Wildman–Crippen MR) is 248 cm³/mol. The van der Waals surface area contributed by atoms with Crippen molar-refractivity contribution in [2.24, 2.45) is 0 Å². The van der Waals surface area contributed by atoms with Gasteiger partial charge in [0, 0.05) is 44.4 Å². The highest BCUT2D eigenvalue weighted by atomic mass is 15.1. The molecule has 0 fully saturated rings. The maximum atomic E-state index is 2.50. The van der Waals surface area contributed by atoms with Crippen molar-refractivity contribution in [1.82, 2.24) is 4.57 Å². The molecule has 9 rings (SSSR count). The maximum Gasteiger partial charge on any atom is 0.0542 e. The molecule has 1 aromatic heterocycles. The number of rotatable bonds is 9. The van der Waals surface area contributed by atoms with Crippen molar-refractivity contribution in [2.75, 3.05) is 4.90 Å². The largest absolute Gasteiger partial charge is 0.310 e. The van der Waals surface area contributed by atoms with Crippen LogP contribution in [0.3, 0.4) is 0 Å². The Morgan fingerprint density at radius 1 is 0.362 bits per heavy atom. The molecule has 0 aliphatic carbocycles. The van der Waals surface area contributed by atoms with Gasteiger partial charge in [-0.05, 0) is 114 Å². The van der Waals surface area contributed by atoms with E-state index < -0.39 is 0 Å². The summed E-state index contributed by atoms with van der Waals surface area (Å²) in [6.07, 6.45) is 0. The average Bonchev–Trinajstić information content (AvgIpc) is 3.59. The van der Waals surface area contributed by atoms with Crippen molar-refractivity contribution in [3.8, 4) is 16.8 Å². The fourth-order valence-corrected chi connectivity index (χ4v) is 8.58. The Morgan fingerprint density at radius 2 is 0.793 bits per heavy atom. The van der Waals surface area contributed by atoms with E-state index in [0.29, 0.717) is 0 Å². The number of hydrogen-bond acceptors (Lipinski definition) is 1. The Kier molecular flexibility index (Phi) is 9.37. The van der Waals surface area contributed by atoms with Crippen molar-refractivity contribution in [1.29, 1.82) is 0 Å². The summed E-state index contributed by atoms with van der Waals surface area (Å²) in [7, 11) is 0. The molecule has 0 radical (unpaired) electrons. The third kappa shape index (κ3) is 6.69. The molecule has 9 aromatic rings. The number of nitrogens with zero attached hydrogens (tertiary/aromatic N) is 2. The lowest BCUT2D eigenvalue weighted by molar-refractivity contribution is 0.616. The number of benzene rings is 8. The Bertz CT molecular complexity index is 2750. The smallest absolute Gasteiger partial charge is 0.0542 e. The molecule has 2 heteroatoms. The third-order valence-corrected chi connectivity index (χ3v) is 12.3. The Morgan fingerprint density at radius 3 is 1.29 bits per heavy atom. The van der Waals surface area contributed by atoms with E-state index in [-0.39, 0.29) is 10.8 Å². The van der Waals surface area contributed by atoms with Crippen LogP contribution < -0.4 is 4.90 Å². The van der Waals surface area contributed by atoms with Gasteiger partial charge in [-0.15, -0.1) is 0 Å². The molecule has 8 aromatic carbocycles. The molecule has 0 aliphatic rings. The van der Waals surface area contributed by atoms with Gasteiger partial charge in [-0.3, -0.25) is 0 Å². The summed E-state index contributed by atoms with van der Waals surface area (Å²) >= 11 is 0. The van der Waals surface area contributed by atoms with Crippen molar-refractivity contribution in [2.45, 2.75) is 52.4 Å². The predicted octanol–water partition coefficient (Wildman–Crippen LogP) is 15.2. The monoisotopic (exact) mass is 750 g/mol. The lowest BCUT2D eigenvalue weighted by atomic mass is 9.73. The molecule has 0 unspecified atom stereocenters. The molecule has 0 atom stereocenters. The molecular weight excluding hydrogens is 701 g/mol. The number of fused-ring (bicyclic) bond motifs is 3. The maximum absolute atomic E-state index is 2.50. The SMILES string of the molecule is Cc1ccc(N(c2ccc(C)cc2)c2ccc3c(c2)c2cc(-c4ccccc4)ccc2n3-c2cc(C(C)(C)c3ccccc3)cc(C(C)(C)c3ccccc3)c2)cc1. The van der Waals surface area contributed by atoms with E-state index >= 15 is 0 Å². The fraction of sp³-hybridized carbons (Fsp3) is 0.143. The van der Waals surface area contributed by atoms with Crippen LogP contribution in [0.1, 0.15) is 61.1 Å². The molecule has 284 valence electrons. The topological polar surface area (TPSA) is 8.17 Å². The number of anilines is 3. The zero-order chi connectivity index (χ0) is 40.0. The second kappa shape index (κ2) is 14.7. The lowest BCUT2D eigenvalue weighted by Crippen LogP contribution is -2.23. The molecule has 0 aliphatic heterocycles. The summed E-state index contributed by atoms with van der Waals surface area (Å²) in [6.45, 7) is 13.7. The highest BCUT2D eigenvalue weighted by molar-refractivity contribution is 6.12. The van der Waals surface area contributed by atoms with Gasteiger partial charge in [0.1, 0.15) is 0 Å². The van der Waals surface area contributed by atoms with Crippen molar-refractivity contribution in [3.63, 3.8) is 0 Å². The average molecular weight is 751 g/mol. The first-order chi connectivity index (χ1) is 28.1. The highest BCUT2D eigenvalue weighted by Gasteiger charge is 2.30. The van der Waals surface area contributed by atoms with Crippen LogP contribution in [0.5, 0.6) is 0 Å². The van der Waals surface area contributed by atoms with Gasteiger partial charge < -0.3 is 9.47 Å². The van der Waals surface area contributed by atoms with Crippen LogP contribution in [0.4, 0.5) is 17.1 Å². The standard InChI is InChI=1S/C56H50N2/c1-39-22-27-47(28-23-39)57(48-29-24-40(2)25-30-48)49-31-33-54-52(38-49)51-34-42(41-16-10-7-11-17-41)26-32-53(51)58(54)50-36-45(55(3,4)43-18-12-8-13-19-43)35-46(37-50)56(5,6)44-20-14-9-15-21-44/h7-38H,1-6H3. The number of aromatic nitrogens is 1. The van der Waals surface area contributed by atoms with Crippen LogP contribution >= 0.6 is 0 Å². The second-order valence-corrected chi connectivity index (χ2v) is 16.9. The summed E-state index contributed by atoms with van der Waals surface area (Å²) in [5.41, 5.74) is 16.5. The van der Waals surface area contributed by atoms with Gasteiger partial charge in [-0.1, -0.05) is 166 Å².